The maximum atomic E-state index is 13.3. The molecule has 0 bridgehead atoms. The van der Waals surface area contributed by atoms with E-state index < -0.39 is 0 Å². The van der Waals surface area contributed by atoms with Gasteiger partial charge >= 0.3 is 0 Å². The van der Waals surface area contributed by atoms with E-state index in [4.69, 9.17) is 9.47 Å². The normalized spacial score (nSPS) is 15.5. The molecule has 8 heteroatoms. The molecule has 0 radical (unpaired) electrons. The number of aromatic nitrogens is 3. The van der Waals surface area contributed by atoms with Crippen molar-refractivity contribution in [2.45, 2.75) is 32.4 Å². The third kappa shape index (κ3) is 4.45. The lowest BCUT2D eigenvalue weighted by atomic mass is 10.1. The topological polar surface area (TPSA) is 87.4 Å². The minimum atomic E-state index is -0.339. The number of rotatable bonds is 7. The first-order chi connectivity index (χ1) is 16.6. The van der Waals surface area contributed by atoms with Crippen molar-refractivity contribution >= 4 is 11.6 Å². The van der Waals surface area contributed by atoms with Gasteiger partial charge in [-0.2, -0.15) is 9.78 Å². The van der Waals surface area contributed by atoms with Crippen LogP contribution in [0.15, 0.2) is 71.8 Å². The van der Waals surface area contributed by atoms with E-state index in [9.17, 15) is 9.59 Å². The van der Waals surface area contributed by atoms with E-state index in [1.54, 1.807) is 36.7 Å². The van der Waals surface area contributed by atoms with Crippen LogP contribution >= 0.6 is 0 Å². The number of nitrogens with zero attached hydrogens (tertiary/aromatic N) is 3. The van der Waals surface area contributed by atoms with Gasteiger partial charge in [-0.1, -0.05) is 18.2 Å². The van der Waals surface area contributed by atoms with Crippen LogP contribution in [0, 0.1) is 0 Å². The molecule has 2 aromatic carbocycles. The van der Waals surface area contributed by atoms with Crippen LogP contribution in [0.4, 0.5) is 5.69 Å². The third-order valence-corrected chi connectivity index (χ3v) is 5.83. The van der Waals surface area contributed by atoms with Crippen LogP contribution in [0.3, 0.4) is 0 Å². The highest BCUT2D eigenvalue weighted by Gasteiger charge is 2.26. The first-order valence-electron chi connectivity index (χ1n) is 11.5. The number of pyridine rings is 1. The summed E-state index contributed by atoms with van der Waals surface area (Å²) >= 11 is 0. The highest BCUT2D eigenvalue weighted by Crippen LogP contribution is 2.25. The quantitative estimate of drug-likeness (QED) is 0.453. The SMILES string of the molecule is CCOc1ccc(NC(=O)c2cn(C[C@H]3CCCO3)cc3c(=O)n(-c4ccccc4)nc2-3)cc1. The molecular formula is C26H26N4O4. The minimum absolute atomic E-state index is 0.0590. The molecule has 1 atom stereocenters. The van der Waals surface area contributed by atoms with Gasteiger partial charge in [0.2, 0.25) is 0 Å². The van der Waals surface area contributed by atoms with Crippen molar-refractivity contribution in [2.75, 3.05) is 18.5 Å². The molecule has 1 saturated heterocycles. The summed E-state index contributed by atoms with van der Waals surface area (Å²) < 4.78 is 14.4. The zero-order chi connectivity index (χ0) is 23.5. The number of anilines is 1. The molecule has 3 aliphatic rings. The summed E-state index contributed by atoms with van der Waals surface area (Å²) in [5.74, 6) is 0.392. The largest absolute Gasteiger partial charge is 0.494 e. The highest BCUT2D eigenvalue weighted by atomic mass is 16.5. The molecule has 34 heavy (non-hydrogen) atoms. The summed E-state index contributed by atoms with van der Waals surface area (Å²) in [7, 11) is 0. The Morgan fingerprint density at radius 2 is 1.94 bits per heavy atom. The predicted molar refractivity (Wildman–Crippen MR) is 129 cm³/mol. The zero-order valence-electron chi connectivity index (χ0n) is 18.9. The molecule has 5 rings (SSSR count). The van der Waals surface area contributed by atoms with Crippen LogP contribution in [-0.2, 0) is 11.3 Å². The van der Waals surface area contributed by atoms with E-state index in [1.165, 1.54) is 4.68 Å². The molecule has 1 N–H and O–H groups in total. The second-order valence-electron chi connectivity index (χ2n) is 8.23. The van der Waals surface area contributed by atoms with Crippen molar-refractivity contribution in [1.29, 1.82) is 0 Å². The number of carbonyl (C=O) groups excluding carboxylic acids is 1. The molecule has 0 aliphatic carbocycles. The van der Waals surface area contributed by atoms with Crippen molar-refractivity contribution in [3.05, 3.63) is 82.9 Å². The lowest BCUT2D eigenvalue weighted by Crippen LogP contribution is -2.20. The van der Waals surface area contributed by atoms with Crippen molar-refractivity contribution in [2.24, 2.45) is 0 Å². The van der Waals surface area contributed by atoms with E-state index in [1.807, 2.05) is 41.8 Å². The second kappa shape index (κ2) is 9.52. The zero-order valence-corrected chi connectivity index (χ0v) is 18.9. The van der Waals surface area contributed by atoms with Crippen LogP contribution in [0.25, 0.3) is 16.9 Å². The van der Waals surface area contributed by atoms with Crippen molar-refractivity contribution in [3.8, 4) is 22.7 Å². The Bertz CT molecular complexity index is 1310. The number of fused-ring (bicyclic) bond motifs is 1. The maximum Gasteiger partial charge on any atom is 0.282 e. The molecule has 0 spiro atoms. The Kier molecular flexibility index (Phi) is 6.14. The average Bonchev–Trinajstić information content (AvgIpc) is 3.49. The Labute approximate surface area is 197 Å². The van der Waals surface area contributed by atoms with Crippen LogP contribution < -0.4 is 15.6 Å². The van der Waals surface area contributed by atoms with Crippen LogP contribution in [0.1, 0.15) is 30.1 Å². The molecular weight excluding hydrogens is 432 g/mol. The number of carbonyl (C=O) groups is 1. The summed E-state index contributed by atoms with van der Waals surface area (Å²) in [6.45, 7) is 3.79. The number of hydrogen-bond acceptors (Lipinski definition) is 5. The van der Waals surface area contributed by atoms with Gasteiger partial charge in [-0.25, -0.2) is 0 Å². The molecule has 0 unspecified atom stereocenters. The number of benzene rings is 2. The van der Waals surface area contributed by atoms with Crippen molar-refractivity contribution < 1.29 is 14.3 Å². The molecule has 3 heterocycles. The van der Waals surface area contributed by atoms with E-state index in [-0.39, 0.29) is 17.6 Å². The van der Waals surface area contributed by atoms with Gasteiger partial charge in [-0.3, -0.25) is 9.59 Å². The highest BCUT2D eigenvalue weighted by molar-refractivity contribution is 6.08. The van der Waals surface area contributed by atoms with E-state index >= 15 is 0 Å². The molecule has 0 saturated carbocycles. The maximum absolute atomic E-state index is 13.3. The van der Waals surface area contributed by atoms with Gasteiger partial charge in [0.05, 0.1) is 29.5 Å². The number of para-hydroxylation sites is 1. The van der Waals surface area contributed by atoms with Crippen LogP contribution in [-0.4, -0.2) is 39.6 Å². The van der Waals surface area contributed by atoms with Gasteiger partial charge < -0.3 is 19.4 Å². The predicted octanol–water partition coefficient (Wildman–Crippen LogP) is 3.97. The Hall–Kier alpha value is -3.91. The summed E-state index contributed by atoms with van der Waals surface area (Å²) in [5.41, 5.74) is 2.09. The van der Waals surface area contributed by atoms with Gasteiger partial charge in [0.25, 0.3) is 11.5 Å². The fourth-order valence-electron chi connectivity index (χ4n) is 4.20. The smallest absolute Gasteiger partial charge is 0.282 e. The van der Waals surface area contributed by atoms with E-state index in [2.05, 4.69) is 10.4 Å². The molecule has 8 nitrogen and oxygen atoms in total. The van der Waals surface area contributed by atoms with E-state index in [0.717, 1.165) is 25.2 Å². The molecule has 1 amide bonds. The first kappa shape index (κ1) is 21.9. The Morgan fingerprint density at radius 3 is 2.65 bits per heavy atom. The Balaban J connectivity index is 1.53. The second-order valence-corrected chi connectivity index (χ2v) is 8.23. The fourth-order valence-corrected chi connectivity index (χ4v) is 4.20. The van der Waals surface area contributed by atoms with Gasteiger partial charge in [0.15, 0.2) is 0 Å². The lowest BCUT2D eigenvalue weighted by Gasteiger charge is -2.16. The average molecular weight is 459 g/mol. The minimum Gasteiger partial charge on any atom is -0.494 e. The number of ether oxygens (including phenoxy) is 2. The molecule has 1 fully saturated rings. The summed E-state index contributed by atoms with van der Waals surface area (Å²) in [6.07, 6.45) is 5.53. The van der Waals surface area contributed by atoms with Gasteiger partial charge in [0.1, 0.15) is 11.4 Å². The summed E-state index contributed by atoms with van der Waals surface area (Å²) in [6, 6.07) is 16.4. The number of amides is 1. The lowest BCUT2D eigenvalue weighted by molar-refractivity contribution is 0.0961. The fraction of sp³-hybridized carbons (Fsp3) is 0.269. The van der Waals surface area contributed by atoms with Crippen molar-refractivity contribution in [1.82, 2.24) is 14.3 Å². The first-order valence-corrected chi connectivity index (χ1v) is 11.5. The van der Waals surface area contributed by atoms with Gasteiger partial charge in [0, 0.05) is 31.2 Å². The number of hydrogen-bond donors (Lipinski definition) is 1. The summed E-state index contributed by atoms with van der Waals surface area (Å²) in [4.78, 5) is 26.6. The standard InChI is InChI=1S/C26H26N4O4/c1-2-33-20-12-10-18(11-13-20)27-25(31)22-16-29(15-21-9-6-14-34-21)17-23-24(22)28-30(26(23)32)19-7-4-3-5-8-19/h3-5,7-8,10-13,16-17,21H,2,6,9,14-15H2,1H3,(H,27,31)/t21-/m1/s1. The molecule has 0 aromatic heterocycles. The third-order valence-electron chi connectivity index (χ3n) is 5.83. The van der Waals surface area contributed by atoms with Crippen LogP contribution in [0.5, 0.6) is 5.75 Å². The monoisotopic (exact) mass is 458 g/mol. The molecule has 174 valence electrons. The van der Waals surface area contributed by atoms with Crippen molar-refractivity contribution in [3.63, 3.8) is 0 Å². The Morgan fingerprint density at radius 1 is 1.15 bits per heavy atom. The van der Waals surface area contributed by atoms with Crippen LogP contribution in [0.2, 0.25) is 0 Å². The van der Waals surface area contributed by atoms with Gasteiger partial charge in [-0.05, 0) is 56.2 Å². The van der Waals surface area contributed by atoms with Gasteiger partial charge in [-0.15, -0.1) is 0 Å². The number of nitrogens with one attached hydrogen (secondary N) is 1. The molecule has 3 aliphatic heterocycles. The molecule has 2 aromatic rings. The summed E-state index contributed by atoms with van der Waals surface area (Å²) in [5, 5.41) is 7.45. The van der Waals surface area contributed by atoms with E-state index in [0.29, 0.717) is 41.3 Å².